The number of hydrogen-bond acceptors (Lipinski definition) is 8. The summed E-state index contributed by atoms with van der Waals surface area (Å²) in [6.45, 7) is 0.474. The largest absolute Gasteiger partial charge is 0.351 e. The minimum absolute atomic E-state index is 0.0548. The Labute approximate surface area is 165 Å². The first-order valence-electron chi connectivity index (χ1n) is 9.34. The van der Waals surface area contributed by atoms with E-state index in [0.717, 1.165) is 18.5 Å². The Morgan fingerprint density at radius 2 is 2.17 bits per heavy atom. The lowest BCUT2D eigenvalue weighted by Gasteiger charge is -2.09. The van der Waals surface area contributed by atoms with E-state index in [1.165, 1.54) is 0 Å². The molecule has 5 rings (SSSR count). The number of nitrogens with zero attached hydrogens (tertiary/aromatic N) is 6. The third kappa shape index (κ3) is 3.53. The summed E-state index contributed by atoms with van der Waals surface area (Å²) in [5.74, 6) is 0.324. The molecule has 1 aliphatic carbocycles. The molecule has 0 unspecified atom stereocenters. The molecule has 3 N–H and O–H groups in total. The quantitative estimate of drug-likeness (QED) is 0.407. The van der Waals surface area contributed by atoms with Crippen LogP contribution in [0.3, 0.4) is 0 Å². The van der Waals surface area contributed by atoms with Crippen molar-refractivity contribution in [3.05, 3.63) is 35.3 Å². The Kier molecular flexibility index (Phi) is 4.00. The van der Waals surface area contributed by atoms with Gasteiger partial charge in [0, 0.05) is 30.4 Å². The summed E-state index contributed by atoms with van der Waals surface area (Å²) in [6, 6.07) is 2.29. The molecule has 2 aliphatic rings. The van der Waals surface area contributed by atoms with Gasteiger partial charge in [-0.3, -0.25) is 19.6 Å². The zero-order valence-electron chi connectivity index (χ0n) is 15.7. The van der Waals surface area contributed by atoms with Gasteiger partial charge in [0.15, 0.2) is 5.65 Å². The maximum Gasteiger partial charge on any atom is 0.254 e. The van der Waals surface area contributed by atoms with E-state index < -0.39 is 0 Å². The summed E-state index contributed by atoms with van der Waals surface area (Å²) >= 11 is 0. The van der Waals surface area contributed by atoms with E-state index in [4.69, 9.17) is 0 Å². The fourth-order valence-corrected chi connectivity index (χ4v) is 3.11. The Hall–Kier alpha value is -3.76. The zero-order chi connectivity index (χ0) is 20.0. The van der Waals surface area contributed by atoms with Crippen LogP contribution in [0.25, 0.3) is 11.7 Å². The molecule has 0 bridgehead atoms. The fourth-order valence-electron chi connectivity index (χ4n) is 3.11. The second-order valence-electron chi connectivity index (χ2n) is 7.18. The van der Waals surface area contributed by atoms with Crippen LogP contribution in [0.2, 0.25) is 0 Å². The molecule has 11 heteroatoms. The van der Waals surface area contributed by atoms with E-state index in [-0.39, 0.29) is 18.2 Å². The van der Waals surface area contributed by atoms with Crippen LogP contribution >= 0.6 is 0 Å². The number of nitrogens with one attached hydrogen (secondary N) is 3. The molecule has 0 atom stereocenters. The molecule has 1 saturated carbocycles. The van der Waals surface area contributed by atoms with Gasteiger partial charge in [0.2, 0.25) is 17.8 Å². The summed E-state index contributed by atoms with van der Waals surface area (Å²) in [6.07, 6.45) is 7.37. The summed E-state index contributed by atoms with van der Waals surface area (Å²) < 4.78 is 3.35. The standard InChI is InChI=1S/C18H19N9O2/c1-26-5-4-13(25-26)9-19-17-23-15-11(6-10-7-14(28)22-16(10)29)8-20-27(15)18(24-17)21-12-2-3-12/h4-6,8,12H,2-3,7,9H2,1H3,(H,22,28,29)(H2,19,21,23,24)/b10-6+. The number of hydrogen-bond donors (Lipinski definition) is 3. The van der Waals surface area contributed by atoms with Crippen LogP contribution in [0, 0.1) is 0 Å². The van der Waals surface area contributed by atoms with Crippen molar-refractivity contribution in [3.8, 4) is 0 Å². The number of carbonyl (C=O) groups is 2. The van der Waals surface area contributed by atoms with E-state index in [2.05, 4.69) is 36.1 Å². The minimum Gasteiger partial charge on any atom is -0.351 e. The van der Waals surface area contributed by atoms with Gasteiger partial charge in [-0.1, -0.05) is 0 Å². The Morgan fingerprint density at radius 3 is 2.86 bits per heavy atom. The van der Waals surface area contributed by atoms with Gasteiger partial charge in [0.1, 0.15) is 0 Å². The first-order chi connectivity index (χ1) is 14.0. The van der Waals surface area contributed by atoms with Gasteiger partial charge in [-0.2, -0.15) is 24.7 Å². The van der Waals surface area contributed by atoms with Crippen LogP contribution in [-0.2, 0) is 23.2 Å². The lowest BCUT2D eigenvalue weighted by Crippen LogP contribution is -2.19. The molecule has 3 aromatic heterocycles. The summed E-state index contributed by atoms with van der Waals surface area (Å²) in [5, 5.41) is 17.6. The molecule has 1 aliphatic heterocycles. The molecule has 148 valence electrons. The van der Waals surface area contributed by atoms with Crippen molar-refractivity contribution in [3.63, 3.8) is 0 Å². The van der Waals surface area contributed by atoms with Crippen LogP contribution in [0.1, 0.15) is 30.5 Å². The van der Waals surface area contributed by atoms with Crippen molar-refractivity contribution < 1.29 is 9.59 Å². The molecule has 3 aromatic rings. The van der Waals surface area contributed by atoms with Gasteiger partial charge in [-0.15, -0.1) is 0 Å². The second-order valence-corrected chi connectivity index (χ2v) is 7.18. The Morgan fingerprint density at radius 1 is 1.31 bits per heavy atom. The highest BCUT2D eigenvalue weighted by Gasteiger charge is 2.26. The van der Waals surface area contributed by atoms with E-state index in [9.17, 15) is 9.59 Å². The molecule has 29 heavy (non-hydrogen) atoms. The van der Waals surface area contributed by atoms with Crippen LogP contribution < -0.4 is 16.0 Å². The van der Waals surface area contributed by atoms with Gasteiger partial charge in [0.05, 0.1) is 24.9 Å². The molecule has 1 saturated heterocycles. The van der Waals surface area contributed by atoms with Gasteiger partial charge in [-0.05, 0) is 25.0 Å². The predicted octanol–water partition coefficient (Wildman–Crippen LogP) is 0.474. The average Bonchev–Trinajstić information content (AvgIpc) is 3.10. The number of aromatic nitrogens is 6. The van der Waals surface area contributed by atoms with E-state index in [1.807, 2.05) is 19.3 Å². The molecule has 11 nitrogen and oxygen atoms in total. The molecular formula is C18H19N9O2. The van der Waals surface area contributed by atoms with Gasteiger partial charge in [0.25, 0.3) is 5.91 Å². The van der Waals surface area contributed by atoms with Crippen LogP contribution in [-0.4, -0.2) is 47.2 Å². The SMILES string of the molecule is Cn1ccc(CNc2nc(NC3CC3)n3ncc(/C=C4\CC(=O)NC4=O)c3n2)n1. The third-order valence-corrected chi connectivity index (χ3v) is 4.73. The number of amides is 2. The zero-order valence-corrected chi connectivity index (χ0v) is 15.7. The fraction of sp³-hybridized carbons (Fsp3) is 0.333. The van der Waals surface area contributed by atoms with Crippen molar-refractivity contribution in [2.24, 2.45) is 7.05 Å². The van der Waals surface area contributed by atoms with Gasteiger partial charge in [-0.25, -0.2) is 0 Å². The number of fused-ring (bicyclic) bond motifs is 1. The van der Waals surface area contributed by atoms with Gasteiger partial charge >= 0.3 is 0 Å². The molecule has 2 amide bonds. The molecule has 2 fully saturated rings. The summed E-state index contributed by atoms with van der Waals surface area (Å²) in [7, 11) is 1.86. The van der Waals surface area contributed by atoms with Crippen molar-refractivity contribution in [1.29, 1.82) is 0 Å². The smallest absolute Gasteiger partial charge is 0.254 e. The highest BCUT2D eigenvalue weighted by molar-refractivity contribution is 6.15. The molecule has 0 spiro atoms. The van der Waals surface area contributed by atoms with Gasteiger partial charge < -0.3 is 10.6 Å². The Balaban J connectivity index is 1.50. The predicted molar refractivity (Wildman–Crippen MR) is 104 cm³/mol. The van der Waals surface area contributed by atoms with Crippen molar-refractivity contribution in [2.75, 3.05) is 10.6 Å². The summed E-state index contributed by atoms with van der Waals surface area (Å²) in [5.41, 5.74) is 2.45. The van der Waals surface area contributed by atoms with Crippen LogP contribution in [0.4, 0.5) is 11.9 Å². The normalized spacial score (nSPS) is 17.9. The molecule has 0 aromatic carbocycles. The molecule has 0 radical (unpaired) electrons. The first kappa shape index (κ1) is 17.3. The third-order valence-electron chi connectivity index (χ3n) is 4.73. The summed E-state index contributed by atoms with van der Waals surface area (Å²) in [4.78, 5) is 32.5. The maximum absolute atomic E-state index is 11.9. The monoisotopic (exact) mass is 393 g/mol. The van der Waals surface area contributed by atoms with Crippen LogP contribution in [0.15, 0.2) is 24.0 Å². The second kappa shape index (κ2) is 6.69. The van der Waals surface area contributed by atoms with Crippen molar-refractivity contribution in [2.45, 2.75) is 31.8 Å². The maximum atomic E-state index is 11.9. The number of carbonyl (C=O) groups excluding carboxylic acids is 2. The lowest BCUT2D eigenvalue weighted by molar-refractivity contribution is -0.124. The molecule has 4 heterocycles. The number of imide groups is 1. The highest BCUT2D eigenvalue weighted by Crippen LogP contribution is 2.26. The van der Waals surface area contributed by atoms with Crippen LogP contribution in [0.5, 0.6) is 0 Å². The average molecular weight is 393 g/mol. The van der Waals surface area contributed by atoms with Crippen molar-refractivity contribution in [1.82, 2.24) is 34.7 Å². The topological polar surface area (TPSA) is 131 Å². The number of anilines is 2. The lowest BCUT2D eigenvalue weighted by atomic mass is 10.1. The number of aryl methyl sites for hydroxylation is 1. The minimum atomic E-state index is -0.381. The number of rotatable bonds is 6. The van der Waals surface area contributed by atoms with E-state index in [1.54, 1.807) is 21.5 Å². The molecular weight excluding hydrogens is 374 g/mol. The van der Waals surface area contributed by atoms with E-state index in [0.29, 0.717) is 41.3 Å². The first-order valence-corrected chi connectivity index (χ1v) is 9.34. The van der Waals surface area contributed by atoms with Crippen molar-refractivity contribution >= 4 is 35.4 Å². The highest BCUT2D eigenvalue weighted by atomic mass is 16.2. The Bertz CT molecular complexity index is 1160. The van der Waals surface area contributed by atoms with E-state index >= 15 is 0 Å².